The van der Waals surface area contributed by atoms with Gasteiger partial charge in [-0.2, -0.15) is 0 Å². The van der Waals surface area contributed by atoms with Crippen LogP contribution in [0.2, 0.25) is 0 Å². The zero-order valence-corrected chi connectivity index (χ0v) is 9.45. The maximum atomic E-state index is 9.37. The fraction of sp³-hybridized carbons (Fsp3) is 0.500. The molecule has 0 aromatic heterocycles. The van der Waals surface area contributed by atoms with E-state index in [1.165, 1.54) is 12.8 Å². The summed E-state index contributed by atoms with van der Waals surface area (Å²) in [6.07, 6.45) is 2.57. The lowest BCUT2D eigenvalue weighted by molar-refractivity contribution is 0.270. The van der Waals surface area contributed by atoms with E-state index in [1.54, 1.807) is 6.07 Å². The number of phenols is 1. The summed E-state index contributed by atoms with van der Waals surface area (Å²) in [5.74, 6) is 1.02. The van der Waals surface area contributed by atoms with Gasteiger partial charge in [-0.3, -0.25) is 4.90 Å². The van der Waals surface area contributed by atoms with E-state index >= 15 is 0 Å². The van der Waals surface area contributed by atoms with E-state index in [9.17, 15) is 5.11 Å². The quantitative estimate of drug-likeness (QED) is 0.779. The van der Waals surface area contributed by atoms with Crippen molar-refractivity contribution in [1.29, 1.82) is 0 Å². The first kappa shape index (κ1) is 10.8. The van der Waals surface area contributed by atoms with Crippen molar-refractivity contribution in [2.45, 2.75) is 25.4 Å². The molecule has 15 heavy (non-hydrogen) atoms. The molecule has 3 heteroatoms. The molecule has 1 aromatic rings. The first-order valence-corrected chi connectivity index (χ1v) is 5.91. The van der Waals surface area contributed by atoms with Gasteiger partial charge in [0.2, 0.25) is 0 Å². The monoisotopic (exact) mass is 225 g/mol. The van der Waals surface area contributed by atoms with Gasteiger partial charge >= 0.3 is 0 Å². The Kier molecular flexibility index (Phi) is 3.49. The van der Waals surface area contributed by atoms with Gasteiger partial charge in [-0.05, 0) is 30.5 Å². The molecule has 0 radical (unpaired) electrons. The molecule has 0 atom stereocenters. The predicted molar refractivity (Wildman–Crippen MR) is 62.3 cm³/mol. The Hall–Kier alpha value is -0.730. The summed E-state index contributed by atoms with van der Waals surface area (Å²) in [6.45, 7) is 1.83. The lowest BCUT2D eigenvalue weighted by Gasteiger charge is -2.20. The number of halogens is 1. The highest BCUT2D eigenvalue weighted by Gasteiger charge is 2.28. The number of nitrogens with zero attached hydrogens (tertiary/aromatic N) is 1. The van der Waals surface area contributed by atoms with Crippen molar-refractivity contribution in [2.75, 3.05) is 12.4 Å². The molecule has 0 saturated heterocycles. The van der Waals surface area contributed by atoms with Crippen molar-refractivity contribution in [3.05, 3.63) is 29.8 Å². The largest absolute Gasteiger partial charge is 0.508 e. The van der Waals surface area contributed by atoms with E-state index in [1.807, 2.05) is 18.2 Å². The van der Waals surface area contributed by atoms with Gasteiger partial charge in [0.25, 0.3) is 0 Å². The summed E-state index contributed by atoms with van der Waals surface area (Å²) in [7, 11) is 0. The summed E-state index contributed by atoms with van der Waals surface area (Å²) in [6, 6.07) is 8.17. The maximum Gasteiger partial charge on any atom is 0.115 e. The van der Waals surface area contributed by atoms with E-state index in [0.29, 0.717) is 17.7 Å². The van der Waals surface area contributed by atoms with Gasteiger partial charge in [0.05, 0.1) is 0 Å². The molecule has 1 aliphatic carbocycles. The summed E-state index contributed by atoms with van der Waals surface area (Å²) < 4.78 is 0. The molecule has 0 bridgehead atoms. The Labute approximate surface area is 95.5 Å². The molecule has 1 saturated carbocycles. The fourth-order valence-electron chi connectivity index (χ4n) is 1.83. The summed E-state index contributed by atoms with van der Waals surface area (Å²) in [5.41, 5.74) is 1.16. The number of aromatic hydroxyl groups is 1. The van der Waals surface area contributed by atoms with Crippen molar-refractivity contribution in [1.82, 2.24) is 4.90 Å². The molecule has 1 fully saturated rings. The van der Waals surface area contributed by atoms with Gasteiger partial charge in [0.15, 0.2) is 0 Å². The van der Waals surface area contributed by atoms with Gasteiger partial charge in [-0.1, -0.05) is 12.1 Å². The van der Waals surface area contributed by atoms with Crippen LogP contribution in [-0.4, -0.2) is 28.5 Å². The zero-order valence-electron chi connectivity index (χ0n) is 8.69. The highest BCUT2D eigenvalue weighted by atomic mass is 35.5. The molecule has 2 rings (SSSR count). The molecule has 0 heterocycles. The van der Waals surface area contributed by atoms with E-state index in [2.05, 4.69) is 4.90 Å². The maximum absolute atomic E-state index is 9.37. The van der Waals surface area contributed by atoms with Gasteiger partial charge in [0, 0.05) is 25.0 Å². The smallest absolute Gasteiger partial charge is 0.115 e. The van der Waals surface area contributed by atoms with E-state index < -0.39 is 0 Å². The number of rotatable bonds is 5. The van der Waals surface area contributed by atoms with Crippen LogP contribution in [0.4, 0.5) is 0 Å². The third-order valence-electron chi connectivity index (χ3n) is 2.73. The number of benzene rings is 1. The van der Waals surface area contributed by atoms with E-state index in [0.717, 1.165) is 18.7 Å². The van der Waals surface area contributed by atoms with Crippen molar-refractivity contribution in [3.8, 4) is 5.75 Å². The average molecular weight is 226 g/mol. The van der Waals surface area contributed by atoms with Crippen molar-refractivity contribution >= 4 is 11.6 Å². The van der Waals surface area contributed by atoms with Crippen LogP contribution >= 0.6 is 11.6 Å². The van der Waals surface area contributed by atoms with Crippen molar-refractivity contribution in [3.63, 3.8) is 0 Å². The molecular formula is C12H16ClNO. The molecule has 0 amide bonds. The van der Waals surface area contributed by atoms with E-state index in [-0.39, 0.29) is 0 Å². The zero-order chi connectivity index (χ0) is 10.7. The summed E-state index contributed by atoms with van der Waals surface area (Å²) in [5, 5.41) is 9.37. The molecule has 82 valence electrons. The second kappa shape index (κ2) is 4.86. The van der Waals surface area contributed by atoms with Crippen LogP contribution < -0.4 is 0 Å². The van der Waals surface area contributed by atoms with Gasteiger partial charge in [-0.15, -0.1) is 11.6 Å². The minimum absolute atomic E-state index is 0.342. The lowest BCUT2D eigenvalue weighted by Crippen LogP contribution is -2.27. The highest BCUT2D eigenvalue weighted by molar-refractivity contribution is 6.18. The Balaban J connectivity index is 1.98. The average Bonchev–Trinajstić information content (AvgIpc) is 3.00. The Bertz CT molecular complexity index is 325. The number of phenolic OH excluding ortho intramolecular Hbond substituents is 1. The normalized spacial score (nSPS) is 15.9. The number of hydrogen-bond acceptors (Lipinski definition) is 2. The SMILES string of the molecule is Oc1cccc(CN(CCCl)C2CC2)c1. The van der Waals surface area contributed by atoms with Crippen molar-refractivity contribution < 1.29 is 5.11 Å². The molecule has 1 aromatic carbocycles. The number of hydrogen-bond donors (Lipinski definition) is 1. The van der Waals surface area contributed by atoms with Crippen LogP contribution in [0.15, 0.2) is 24.3 Å². The van der Waals surface area contributed by atoms with E-state index in [4.69, 9.17) is 11.6 Å². The third-order valence-corrected chi connectivity index (χ3v) is 2.90. The second-order valence-corrected chi connectivity index (χ2v) is 4.44. The van der Waals surface area contributed by atoms with Crippen molar-refractivity contribution in [2.24, 2.45) is 0 Å². The molecule has 0 spiro atoms. The van der Waals surface area contributed by atoms with Crippen LogP contribution in [0.25, 0.3) is 0 Å². The summed E-state index contributed by atoms with van der Waals surface area (Å²) in [4.78, 5) is 2.39. The Morgan fingerprint density at radius 2 is 2.20 bits per heavy atom. The Morgan fingerprint density at radius 1 is 1.40 bits per heavy atom. The van der Waals surface area contributed by atoms with Gasteiger partial charge in [-0.25, -0.2) is 0 Å². The first-order valence-electron chi connectivity index (χ1n) is 5.37. The third kappa shape index (κ3) is 3.11. The fourth-order valence-corrected chi connectivity index (χ4v) is 2.05. The standard InChI is InChI=1S/C12H16ClNO/c13-6-7-14(11-4-5-11)9-10-2-1-3-12(15)8-10/h1-3,8,11,15H,4-7,9H2. The van der Waals surface area contributed by atoms with Gasteiger partial charge in [0.1, 0.15) is 5.75 Å². The highest BCUT2D eigenvalue weighted by Crippen LogP contribution is 2.28. The Morgan fingerprint density at radius 3 is 2.80 bits per heavy atom. The van der Waals surface area contributed by atoms with Crippen LogP contribution in [0, 0.1) is 0 Å². The minimum Gasteiger partial charge on any atom is -0.508 e. The molecule has 2 nitrogen and oxygen atoms in total. The first-order chi connectivity index (χ1) is 7.29. The number of alkyl halides is 1. The molecule has 1 aliphatic rings. The second-order valence-electron chi connectivity index (χ2n) is 4.06. The minimum atomic E-state index is 0.342. The molecule has 1 N–H and O–H groups in total. The van der Waals surface area contributed by atoms with Gasteiger partial charge < -0.3 is 5.11 Å². The van der Waals surface area contributed by atoms with Crippen LogP contribution in [0.1, 0.15) is 18.4 Å². The predicted octanol–water partition coefficient (Wildman–Crippen LogP) is 2.60. The molecule has 0 unspecified atom stereocenters. The molecular weight excluding hydrogens is 210 g/mol. The molecule has 0 aliphatic heterocycles. The summed E-state index contributed by atoms with van der Waals surface area (Å²) >= 11 is 5.77. The van der Waals surface area contributed by atoms with Crippen LogP contribution in [0.5, 0.6) is 5.75 Å². The topological polar surface area (TPSA) is 23.5 Å². The van der Waals surface area contributed by atoms with Crippen LogP contribution in [-0.2, 0) is 6.54 Å². The van der Waals surface area contributed by atoms with Crippen LogP contribution in [0.3, 0.4) is 0 Å². The lowest BCUT2D eigenvalue weighted by atomic mass is 10.2.